The molecule has 1 fully saturated rings. The standard InChI is InChI=1S/C30H36F6N2O5/c1-5-11-19-17-21(28(41,29(31,32)33)30(34,35)36)18-20(12-6-2)24(19)43-16-10-9-15-38-25(39)27(3,37-26(38)40)22-13-7-8-14-23(22)42-4/h7-8,13-14,17-18,41H,5-6,9-12,15-16H2,1-4H3,(H,37,40). The number of rotatable bonds is 13. The fraction of sp³-hybridized carbons (Fsp3) is 0.533. The molecule has 13 heteroatoms. The maximum absolute atomic E-state index is 13.6. The van der Waals surface area contributed by atoms with Gasteiger partial charge in [-0.3, -0.25) is 9.69 Å². The Balaban J connectivity index is 1.76. The van der Waals surface area contributed by atoms with Gasteiger partial charge >= 0.3 is 18.4 Å². The number of methoxy groups -OCH3 is 1. The third kappa shape index (κ3) is 6.56. The fourth-order valence-corrected chi connectivity index (χ4v) is 5.23. The number of ether oxygens (including phenoxy) is 2. The number of halogens is 6. The summed E-state index contributed by atoms with van der Waals surface area (Å²) in [5.74, 6) is 0.156. The zero-order valence-electron chi connectivity index (χ0n) is 24.4. The Bertz CT molecular complexity index is 1270. The van der Waals surface area contributed by atoms with Crippen LogP contribution in [0.4, 0.5) is 31.1 Å². The average molecular weight is 619 g/mol. The van der Waals surface area contributed by atoms with Crippen LogP contribution in [0.25, 0.3) is 0 Å². The summed E-state index contributed by atoms with van der Waals surface area (Å²) in [6.45, 7) is 5.11. The van der Waals surface area contributed by atoms with Crippen LogP contribution >= 0.6 is 0 Å². The number of benzene rings is 2. The van der Waals surface area contributed by atoms with Gasteiger partial charge in [0.1, 0.15) is 17.0 Å². The van der Waals surface area contributed by atoms with Crippen molar-refractivity contribution in [2.75, 3.05) is 20.3 Å². The van der Waals surface area contributed by atoms with E-state index in [9.17, 15) is 41.0 Å². The number of aryl methyl sites for hydroxylation is 2. The first-order valence-electron chi connectivity index (χ1n) is 14.0. The van der Waals surface area contributed by atoms with Gasteiger partial charge in [-0.05, 0) is 61.9 Å². The lowest BCUT2D eigenvalue weighted by Crippen LogP contribution is -2.54. The third-order valence-corrected chi connectivity index (χ3v) is 7.46. The van der Waals surface area contributed by atoms with Crippen molar-refractivity contribution in [2.45, 2.75) is 82.8 Å². The maximum atomic E-state index is 13.6. The largest absolute Gasteiger partial charge is 0.496 e. The van der Waals surface area contributed by atoms with Gasteiger partial charge in [-0.2, -0.15) is 26.3 Å². The Morgan fingerprint density at radius 2 is 1.49 bits per heavy atom. The van der Waals surface area contributed by atoms with Crippen molar-refractivity contribution < 1.29 is 50.5 Å². The van der Waals surface area contributed by atoms with Crippen LogP contribution < -0.4 is 14.8 Å². The molecule has 1 heterocycles. The zero-order chi connectivity index (χ0) is 32.2. The minimum atomic E-state index is -6.00. The molecule has 0 aromatic heterocycles. The van der Waals surface area contributed by atoms with E-state index < -0.39 is 41.0 Å². The van der Waals surface area contributed by atoms with Crippen LogP contribution in [0.5, 0.6) is 11.5 Å². The molecule has 2 N–H and O–H groups in total. The lowest BCUT2D eigenvalue weighted by molar-refractivity contribution is -0.376. The molecule has 3 amide bonds. The number of nitrogens with zero attached hydrogens (tertiary/aromatic N) is 1. The number of hydrogen-bond acceptors (Lipinski definition) is 5. The van der Waals surface area contributed by atoms with E-state index in [0.717, 1.165) is 4.90 Å². The van der Waals surface area contributed by atoms with Crippen molar-refractivity contribution in [1.29, 1.82) is 0 Å². The summed E-state index contributed by atoms with van der Waals surface area (Å²) < 4.78 is 92.9. The summed E-state index contributed by atoms with van der Waals surface area (Å²) in [6, 6.07) is 7.68. The van der Waals surface area contributed by atoms with E-state index in [2.05, 4.69) is 5.32 Å². The molecule has 1 saturated heterocycles. The predicted molar refractivity (Wildman–Crippen MR) is 146 cm³/mol. The second-order valence-corrected chi connectivity index (χ2v) is 10.6. The number of nitrogens with one attached hydrogen (secondary N) is 1. The van der Waals surface area contributed by atoms with Crippen molar-refractivity contribution in [2.24, 2.45) is 0 Å². The molecule has 2 aromatic carbocycles. The molecule has 1 unspecified atom stereocenters. The molecule has 43 heavy (non-hydrogen) atoms. The number of hydrogen-bond donors (Lipinski definition) is 2. The van der Waals surface area contributed by atoms with Crippen LogP contribution in [-0.4, -0.2) is 54.6 Å². The van der Waals surface area contributed by atoms with Crippen LogP contribution in [0.2, 0.25) is 0 Å². The first kappa shape index (κ1) is 34.0. The van der Waals surface area contributed by atoms with Gasteiger partial charge in [0, 0.05) is 17.7 Å². The van der Waals surface area contributed by atoms with Gasteiger partial charge in [-0.15, -0.1) is 0 Å². The number of imide groups is 1. The Hall–Kier alpha value is -3.48. The summed E-state index contributed by atoms with van der Waals surface area (Å²) in [6.07, 6.45) is -10.3. The average Bonchev–Trinajstić information content (AvgIpc) is 3.15. The van der Waals surface area contributed by atoms with E-state index in [1.54, 1.807) is 45.0 Å². The highest BCUT2D eigenvalue weighted by atomic mass is 19.4. The lowest BCUT2D eigenvalue weighted by atomic mass is 9.87. The molecule has 238 valence electrons. The molecular formula is C30H36F6N2O5. The summed E-state index contributed by atoms with van der Waals surface area (Å²) in [5.41, 5.74) is -6.93. The van der Waals surface area contributed by atoms with E-state index in [1.165, 1.54) is 7.11 Å². The summed E-state index contributed by atoms with van der Waals surface area (Å²) in [4.78, 5) is 27.0. The first-order chi connectivity index (χ1) is 20.1. The molecule has 0 aliphatic carbocycles. The van der Waals surface area contributed by atoms with Crippen LogP contribution in [0.3, 0.4) is 0 Å². The summed E-state index contributed by atoms with van der Waals surface area (Å²) in [7, 11) is 1.46. The fourth-order valence-electron chi connectivity index (χ4n) is 5.23. The van der Waals surface area contributed by atoms with Gasteiger partial charge in [0.2, 0.25) is 0 Å². The minimum Gasteiger partial charge on any atom is -0.496 e. The molecule has 1 atom stereocenters. The number of alkyl halides is 6. The van der Waals surface area contributed by atoms with E-state index >= 15 is 0 Å². The molecule has 3 rings (SSSR count). The van der Waals surface area contributed by atoms with E-state index in [0.29, 0.717) is 49.1 Å². The second kappa shape index (κ2) is 13.0. The molecule has 0 saturated carbocycles. The number of aliphatic hydroxyl groups is 1. The number of carbonyl (C=O) groups is 2. The Kier molecular flexibility index (Phi) is 10.3. The van der Waals surface area contributed by atoms with Crippen LogP contribution in [-0.2, 0) is 28.8 Å². The number of urea groups is 1. The Labute approximate surface area is 246 Å². The highest BCUT2D eigenvalue weighted by Crippen LogP contribution is 2.51. The number of amides is 3. The van der Waals surface area contributed by atoms with E-state index in [-0.39, 0.29) is 42.9 Å². The van der Waals surface area contributed by atoms with E-state index in [1.807, 2.05) is 0 Å². The summed E-state index contributed by atoms with van der Waals surface area (Å²) >= 11 is 0. The molecule has 1 aliphatic rings. The Morgan fingerprint density at radius 1 is 0.930 bits per heavy atom. The van der Waals surface area contributed by atoms with Crippen LogP contribution in [0.15, 0.2) is 36.4 Å². The molecule has 2 aromatic rings. The highest BCUT2D eigenvalue weighted by Gasteiger charge is 2.71. The monoisotopic (exact) mass is 618 g/mol. The van der Waals surface area contributed by atoms with Gasteiger partial charge in [0.15, 0.2) is 0 Å². The van der Waals surface area contributed by atoms with Gasteiger partial charge in [0.05, 0.1) is 13.7 Å². The topological polar surface area (TPSA) is 88.1 Å². The smallest absolute Gasteiger partial charge is 0.430 e. The molecule has 0 bridgehead atoms. The van der Waals surface area contributed by atoms with Crippen LogP contribution in [0.1, 0.15) is 68.7 Å². The second-order valence-electron chi connectivity index (χ2n) is 10.6. The van der Waals surface area contributed by atoms with Crippen molar-refractivity contribution in [3.8, 4) is 11.5 Å². The van der Waals surface area contributed by atoms with Crippen molar-refractivity contribution >= 4 is 11.9 Å². The maximum Gasteiger partial charge on any atom is 0.430 e. The molecule has 0 spiro atoms. The van der Waals surface area contributed by atoms with Gasteiger partial charge < -0.3 is 19.9 Å². The van der Waals surface area contributed by atoms with E-state index in [4.69, 9.17) is 9.47 Å². The number of carbonyl (C=O) groups excluding carboxylic acids is 2. The van der Waals surface area contributed by atoms with Crippen molar-refractivity contribution in [3.63, 3.8) is 0 Å². The number of para-hydroxylation sites is 1. The highest BCUT2D eigenvalue weighted by molar-refractivity contribution is 6.07. The van der Waals surface area contributed by atoms with Gasteiger partial charge in [-0.25, -0.2) is 4.79 Å². The minimum absolute atomic E-state index is 0.0308. The quantitative estimate of drug-likeness (QED) is 0.151. The SMILES string of the molecule is CCCc1cc(C(O)(C(F)(F)F)C(F)(F)F)cc(CCC)c1OCCCCN1C(=O)NC(C)(c2ccccc2OC)C1=O. The molecule has 0 radical (unpaired) electrons. The molecular weight excluding hydrogens is 582 g/mol. The van der Waals surface area contributed by atoms with Gasteiger partial charge in [0.25, 0.3) is 11.5 Å². The normalized spacial score (nSPS) is 17.8. The third-order valence-electron chi connectivity index (χ3n) is 7.46. The summed E-state index contributed by atoms with van der Waals surface area (Å²) in [5, 5.41) is 12.7. The number of unbranched alkanes of at least 4 members (excludes halogenated alkanes) is 1. The molecule has 7 nitrogen and oxygen atoms in total. The van der Waals surface area contributed by atoms with Crippen molar-refractivity contribution in [3.05, 3.63) is 58.7 Å². The predicted octanol–water partition coefficient (Wildman–Crippen LogP) is 6.54. The van der Waals surface area contributed by atoms with Gasteiger partial charge in [-0.1, -0.05) is 44.9 Å². The molecule has 1 aliphatic heterocycles. The Morgan fingerprint density at radius 3 is 2.00 bits per heavy atom. The van der Waals surface area contributed by atoms with Crippen molar-refractivity contribution in [1.82, 2.24) is 10.2 Å². The van der Waals surface area contributed by atoms with Crippen LogP contribution in [0, 0.1) is 0 Å². The first-order valence-corrected chi connectivity index (χ1v) is 14.0. The zero-order valence-corrected chi connectivity index (χ0v) is 24.4. The lowest BCUT2D eigenvalue weighted by Gasteiger charge is -2.33.